The van der Waals surface area contributed by atoms with Crippen LogP contribution in [0, 0.1) is 0 Å². The Bertz CT molecular complexity index is 641. The predicted octanol–water partition coefficient (Wildman–Crippen LogP) is 1.01. The van der Waals surface area contributed by atoms with Crippen molar-refractivity contribution in [2.75, 3.05) is 7.11 Å². The lowest BCUT2D eigenvalue weighted by atomic mass is 9.65. The van der Waals surface area contributed by atoms with E-state index < -0.39 is 0 Å². The third kappa shape index (κ3) is 1.93. The third-order valence-electron chi connectivity index (χ3n) is 3.72. The van der Waals surface area contributed by atoms with Gasteiger partial charge < -0.3 is 4.74 Å². The number of esters is 1. The topological polar surface area (TPSA) is 43.4 Å². The van der Waals surface area contributed by atoms with Crippen LogP contribution >= 0.6 is 0 Å². The molecule has 1 aliphatic carbocycles. The zero-order chi connectivity index (χ0) is 13.4. The summed E-state index contributed by atoms with van der Waals surface area (Å²) in [5, 5.41) is 0. The van der Waals surface area contributed by atoms with Gasteiger partial charge >= 0.3 is 5.97 Å². The molecule has 0 bridgehead atoms. The van der Waals surface area contributed by atoms with E-state index in [2.05, 4.69) is 6.07 Å². The number of ether oxygens (including phenoxy) is 1. The van der Waals surface area contributed by atoms with E-state index in [1.54, 1.807) is 6.08 Å². The number of Topliss-reactive ketones (excluding diaryl/α,β-unsaturated/α-hetero) is 1. The summed E-state index contributed by atoms with van der Waals surface area (Å²) in [6, 6.07) is 8.03. The fourth-order valence-electron chi connectivity index (χ4n) is 2.76. The minimum atomic E-state index is -0.349. The zero-order valence-corrected chi connectivity index (χ0v) is 10.7. The molecule has 1 heterocycles. The molecule has 0 N–H and O–H groups in total. The number of rotatable bonds is 1. The van der Waals surface area contributed by atoms with Crippen molar-refractivity contribution >= 4 is 30.1 Å². The van der Waals surface area contributed by atoms with E-state index in [0.717, 1.165) is 18.4 Å². The minimum absolute atomic E-state index is 0.116. The molecule has 19 heavy (non-hydrogen) atoms. The number of benzene rings is 1. The average molecular weight is 252 g/mol. The van der Waals surface area contributed by atoms with Gasteiger partial charge in [-0.3, -0.25) is 4.79 Å². The molecular formula is C15H13BO3. The maximum Gasteiger partial charge on any atom is 0.334 e. The maximum absolute atomic E-state index is 12.2. The molecule has 0 aromatic heterocycles. The molecule has 1 aromatic carbocycles. The van der Waals surface area contributed by atoms with Gasteiger partial charge in [-0.1, -0.05) is 29.7 Å². The molecule has 1 aliphatic heterocycles. The molecule has 94 valence electrons. The van der Waals surface area contributed by atoms with Gasteiger partial charge in [-0.05, 0) is 23.5 Å². The fourth-order valence-corrected chi connectivity index (χ4v) is 2.76. The third-order valence-corrected chi connectivity index (χ3v) is 3.72. The average Bonchev–Trinajstić information content (AvgIpc) is 2.84. The minimum Gasteiger partial charge on any atom is -0.466 e. The van der Waals surface area contributed by atoms with Crippen LogP contribution in [0.3, 0.4) is 0 Å². The van der Waals surface area contributed by atoms with Crippen molar-refractivity contribution in [3.8, 4) is 0 Å². The van der Waals surface area contributed by atoms with Crippen molar-refractivity contribution in [2.45, 2.75) is 12.7 Å². The van der Waals surface area contributed by atoms with Crippen molar-refractivity contribution in [1.82, 2.24) is 0 Å². The molecule has 0 saturated carbocycles. The van der Waals surface area contributed by atoms with Gasteiger partial charge in [0.1, 0.15) is 0 Å². The Balaban J connectivity index is 2.08. The molecular weight excluding hydrogens is 239 g/mol. The number of carbonyl (C=O) groups excluding carboxylic acids is 2. The van der Waals surface area contributed by atoms with E-state index in [0.29, 0.717) is 23.9 Å². The van der Waals surface area contributed by atoms with Crippen molar-refractivity contribution in [1.29, 1.82) is 0 Å². The lowest BCUT2D eigenvalue weighted by Crippen LogP contribution is -2.18. The van der Waals surface area contributed by atoms with Gasteiger partial charge in [0.2, 0.25) is 0 Å². The number of ketones is 1. The molecule has 0 amide bonds. The largest absolute Gasteiger partial charge is 0.466 e. The van der Waals surface area contributed by atoms with Crippen LogP contribution in [0.15, 0.2) is 41.5 Å². The molecule has 0 saturated heterocycles. The second-order valence-electron chi connectivity index (χ2n) is 4.81. The van der Waals surface area contributed by atoms with Gasteiger partial charge in [-0.25, -0.2) is 4.79 Å². The monoisotopic (exact) mass is 252 g/mol. The van der Waals surface area contributed by atoms with Crippen molar-refractivity contribution < 1.29 is 14.3 Å². The first-order valence-electron chi connectivity index (χ1n) is 6.34. The summed E-state index contributed by atoms with van der Waals surface area (Å²) in [4.78, 5) is 23.8. The second-order valence-corrected chi connectivity index (χ2v) is 4.81. The normalized spacial score (nSPS) is 17.1. The molecule has 0 radical (unpaired) electrons. The lowest BCUT2D eigenvalue weighted by molar-refractivity contribution is -0.136. The van der Waals surface area contributed by atoms with Crippen molar-refractivity contribution in [3.63, 3.8) is 0 Å². The van der Waals surface area contributed by atoms with Crippen LogP contribution < -0.4 is 5.46 Å². The van der Waals surface area contributed by atoms with Crippen molar-refractivity contribution in [3.05, 3.63) is 47.1 Å². The Morgan fingerprint density at radius 3 is 2.89 bits per heavy atom. The van der Waals surface area contributed by atoms with Gasteiger partial charge in [0, 0.05) is 17.6 Å². The standard InChI is InChI=1S/C15H13BO3/c1-19-15(18)9-6-11-10-4-2-3-5-13(10)16-8-14(17)12(11)7-9/h2-5,7,16H,6,8H2,1H3. The van der Waals surface area contributed by atoms with E-state index >= 15 is 0 Å². The number of hydrogen-bond donors (Lipinski definition) is 0. The van der Waals surface area contributed by atoms with Gasteiger partial charge in [0.05, 0.1) is 7.11 Å². The van der Waals surface area contributed by atoms with Gasteiger partial charge in [0.25, 0.3) is 0 Å². The Morgan fingerprint density at radius 1 is 1.32 bits per heavy atom. The maximum atomic E-state index is 12.2. The van der Waals surface area contributed by atoms with E-state index in [1.807, 2.05) is 18.2 Å². The Morgan fingerprint density at radius 2 is 2.11 bits per heavy atom. The highest BCUT2D eigenvalue weighted by atomic mass is 16.5. The molecule has 0 spiro atoms. The van der Waals surface area contributed by atoms with Crippen LogP contribution in [0.1, 0.15) is 12.0 Å². The number of hydrogen-bond acceptors (Lipinski definition) is 3. The van der Waals surface area contributed by atoms with Crippen LogP contribution in [0.5, 0.6) is 0 Å². The van der Waals surface area contributed by atoms with Crippen LogP contribution in [0.2, 0.25) is 6.32 Å². The number of allylic oxidation sites excluding steroid dienone is 3. The molecule has 1 aromatic rings. The Labute approximate surface area is 112 Å². The molecule has 0 atom stereocenters. The summed E-state index contributed by atoms with van der Waals surface area (Å²) in [5.74, 6) is -0.233. The highest BCUT2D eigenvalue weighted by molar-refractivity contribution is 6.60. The van der Waals surface area contributed by atoms with E-state index in [9.17, 15) is 9.59 Å². The molecule has 3 rings (SSSR count). The summed E-state index contributed by atoms with van der Waals surface area (Å²) in [7, 11) is 2.13. The first-order valence-corrected chi connectivity index (χ1v) is 6.34. The molecule has 4 heteroatoms. The predicted molar refractivity (Wildman–Crippen MR) is 74.7 cm³/mol. The number of methoxy groups -OCH3 is 1. The number of fused-ring (bicyclic) bond motifs is 2. The van der Waals surface area contributed by atoms with E-state index in [1.165, 1.54) is 12.6 Å². The van der Waals surface area contributed by atoms with Crippen molar-refractivity contribution in [2.24, 2.45) is 0 Å². The first-order chi connectivity index (χ1) is 9.20. The molecule has 0 fully saturated rings. The van der Waals surface area contributed by atoms with Crippen LogP contribution in [0.25, 0.3) is 5.57 Å². The number of carbonyl (C=O) groups is 2. The highest BCUT2D eigenvalue weighted by Gasteiger charge is 2.29. The zero-order valence-electron chi connectivity index (χ0n) is 10.7. The van der Waals surface area contributed by atoms with E-state index in [4.69, 9.17) is 4.74 Å². The molecule has 3 nitrogen and oxygen atoms in total. The summed E-state index contributed by atoms with van der Waals surface area (Å²) in [5.41, 5.74) is 4.50. The molecule has 2 aliphatic rings. The molecule has 0 unspecified atom stereocenters. The van der Waals surface area contributed by atoms with Gasteiger partial charge in [-0.15, -0.1) is 0 Å². The highest BCUT2D eigenvalue weighted by Crippen LogP contribution is 2.35. The quantitative estimate of drug-likeness (QED) is 0.553. The fraction of sp³-hybridized carbons (Fsp3) is 0.200. The Hall–Kier alpha value is -2.10. The van der Waals surface area contributed by atoms with Gasteiger partial charge in [-0.2, -0.15) is 0 Å². The van der Waals surface area contributed by atoms with Crippen LogP contribution in [-0.4, -0.2) is 26.1 Å². The SMILES string of the molecule is COC(=O)C1=CC2=C(C1)c1ccccc1BCC2=O. The first kappa shape index (κ1) is 12.0. The van der Waals surface area contributed by atoms with E-state index in [-0.39, 0.29) is 11.8 Å². The smallest absolute Gasteiger partial charge is 0.334 e. The lowest BCUT2D eigenvalue weighted by Gasteiger charge is -2.08. The van der Waals surface area contributed by atoms with Gasteiger partial charge in [0.15, 0.2) is 13.1 Å². The Kier molecular flexibility index (Phi) is 2.86. The van der Waals surface area contributed by atoms with Crippen LogP contribution in [0.4, 0.5) is 0 Å². The summed E-state index contributed by atoms with van der Waals surface area (Å²) in [6.07, 6.45) is 2.69. The van der Waals surface area contributed by atoms with Crippen LogP contribution in [-0.2, 0) is 14.3 Å². The second kappa shape index (κ2) is 4.54. The summed E-state index contributed by atoms with van der Waals surface area (Å²) < 4.78 is 4.75. The summed E-state index contributed by atoms with van der Waals surface area (Å²) in [6.45, 7) is 0. The summed E-state index contributed by atoms with van der Waals surface area (Å²) >= 11 is 0.